The Morgan fingerprint density at radius 3 is 2.67 bits per heavy atom. The maximum atomic E-state index is 11.9. The molecule has 0 saturated carbocycles. The number of nitrogens with zero attached hydrogens (tertiary/aromatic N) is 1. The number of aliphatic hydroxyl groups is 1. The number of β-amino-alcohol motifs (C(OH)–C–C–N with tert-alkyl or cyclic N) is 1. The standard InChI is InChI=1S/C11H18N2O5/c1-11(5-12-6-11)18-4-9(15)13-3-7(14)2-8(13)10(16)17/h7-8,12,14H,2-6H2,1H3,(H,16,17)/t7-,8-/m0/s1. The van der Waals surface area contributed by atoms with Crippen molar-refractivity contribution in [3.8, 4) is 0 Å². The molecular formula is C11H18N2O5. The predicted octanol–water partition coefficient (Wildman–Crippen LogP) is -1.59. The lowest BCUT2D eigenvalue weighted by molar-refractivity contribution is -0.154. The molecule has 7 heteroatoms. The van der Waals surface area contributed by atoms with Gasteiger partial charge in [0.25, 0.3) is 0 Å². The topological polar surface area (TPSA) is 99.1 Å². The van der Waals surface area contributed by atoms with E-state index in [4.69, 9.17) is 9.84 Å². The molecular weight excluding hydrogens is 240 g/mol. The maximum Gasteiger partial charge on any atom is 0.326 e. The fourth-order valence-corrected chi connectivity index (χ4v) is 2.22. The number of nitrogens with one attached hydrogen (secondary N) is 1. The summed E-state index contributed by atoms with van der Waals surface area (Å²) in [5.41, 5.74) is -0.341. The van der Waals surface area contributed by atoms with Gasteiger partial charge in [-0.15, -0.1) is 0 Å². The van der Waals surface area contributed by atoms with E-state index in [1.54, 1.807) is 0 Å². The minimum atomic E-state index is -1.09. The lowest BCUT2D eigenvalue weighted by Gasteiger charge is -2.39. The Bertz CT molecular complexity index is 355. The van der Waals surface area contributed by atoms with Crippen LogP contribution in [-0.4, -0.2) is 71.0 Å². The number of carboxylic acids is 1. The number of carboxylic acid groups (broad SMARTS) is 1. The summed E-state index contributed by atoms with van der Waals surface area (Å²) in [4.78, 5) is 24.1. The number of amides is 1. The molecule has 1 amide bonds. The van der Waals surface area contributed by atoms with E-state index in [1.165, 1.54) is 4.90 Å². The highest BCUT2D eigenvalue weighted by Crippen LogP contribution is 2.20. The van der Waals surface area contributed by atoms with Crippen LogP contribution in [0.25, 0.3) is 0 Å². The molecule has 2 atom stereocenters. The zero-order chi connectivity index (χ0) is 13.3. The van der Waals surface area contributed by atoms with Crippen LogP contribution >= 0.6 is 0 Å². The molecule has 2 rings (SSSR count). The average Bonchev–Trinajstić information content (AvgIpc) is 2.66. The average molecular weight is 258 g/mol. The van der Waals surface area contributed by atoms with Crippen molar-refractivity contribution in [2.75, 3.05) is 26.2 Å². The van der Waals surface area contributed by atoms with Crippen molar-refractivity contribution < 1.29 is 24.5 Å². The van der Waals surface area contributed by atoms with Crippen LogP contribution in [0, 0.1) is 0 Å². The van der Waals surface area contributed by atoms with E-state index in [1.807, 2.05) is 6.92 Å². The van der Waals surface area contributed by atoms with Crippen LogP contribution in [-0.2, 0) is 14.3 Å². The number of hydrogen-bond donors (Lipinski definition) is 3. The molecule has 2 aliphatic heterocycles. The van der Waals surface area contributed by atoms with Gasteiger partial charge in [-0.1, -0.05) is 0 Å². The summed E-state index contributed by atoms with van der Waals surface area (Å²) in [6.45, 7) is 3.18. The summed E-state index contributed by atoms with van der Waals surface area (Å²) in [6.07, 6.45) is -0.684. The van der Waals surface area contributed by atoms with Crippen molar-refractivity contribution >= 4 is 11.9 Å². The number of aliphatic hydroxyl groups excluding tert-OH is 1. The Balaban J connectivity index is 1.89. The Kier molecular flexibility index (Phi) is 3.56. The van der Waals surface area contributed by atoms with Gasteiger partial charge in [-0.25, -0.2) is 4.79 Å². The predicted molar refractivity (Wildman–Crippen MR) is 61.0 cm³/mol. The Morgan fingerprint density at radius 1 is 1.50 bits per heavy atom. The summed E-state index contributed by atoms with van der Waals surface area (Å²) in [7, 11) is 0. The van der Waals surface area contributed by atoms with Crippen molar-refractivity contribution in [3.05, 3.63) is 0 Å². The van der Waals surface area contributed by atoms with Crippen molar-refractivity contribution in [1.82, 2.24) is 10.2 Å². The van der Waals surface area contributed by atoms with Crippen LogP contribution in [0.2, 0.25) is 0 Å². The van der Waals surface area contributed by atoms with Crippen LogP contribution in [0.4, 0.5) is 0 Å². The summed E-state index contributed by atoms with van der Waals surface area (Å²) in [5, 5.41) is 21.5. The van der Waals surface area contributed by atoms with Crippen LogP contribution < -0.4 is 5.32 Å². The zero-order valence-electron chi connectivity index (χ0n) is 10.3. The first-order valence-electron chi connectivity index (χ1n) is 5.96. The van der Waals surface area contributed by atoms with Crippen molar-refractivity contribution in [3.63, 3.8) is 0 Å². The van der Waals surface area contributed by atoms with Gasteiger partial charge in [0.1, 0.15) is 12.6 Å². The summed E-state index contributed by atoms with van der Waals surface area (Å²) < 4.78 is 5.47. The Morgan fingerprint density at radius 2 is 2.17 bits per heavy atom. The number of hydrogen-bond acceptors (Lipinski definition) is 5. The molecule has 2 aliphatic rings. The number of carbonyl (C=O) groups is 2. The molecule has 0 aromatic carbocycles. The normalized spacial score (nSPS) is 30.0. The molecule has 18 heavy (non-hydrogen) atoms. The fraction of sp³-hybridized carbons (Fsp3) is 0.818. The molecule has 102 valence electrons. The fourth-order valence-electron chi connectivity index (χ4n) is 2.22. The number of ether oxygens (including phenoxy) is 1. The van der Waals surface area contributed by atoms with Gasteiger partial charge in [0.15, 0.2) is 0 Å². The minimum Gasteiger partial charge on any atom is -0.480 e. The van der Waals surface area contributed by atoms with Gasteiger partial charge >= 0.3 is 5.97 Å². The lowest BCUT2D eigenvalue weighted by atomic mass is 10.0. The van der Waals surface area contributed by atoms with E-state index in [9.17, 15) is 14.7 Å². The third-order valence-corrected chi connectivity index (χ3v) is 3.43. The van der Waals surface area contributed by atoms with E-state index < -0.39 is 18.1 Å². The van der Waals surface area contributed by atoms with E-state index in [0.717, 1.165) is 0 Å². The van der Waals surface area contributed by atoms with E-state index >= 15 is 0 Å². The van der Waals surface area contributed by atoms with Crippen LogP contribution in [0.5, 0.6) is 0 Å². The second kappa shape index (κ2) is 4.83. The number of likely N-dealkylation sites (tertiary alicyclic amines) is 1. The number of carbonyl (C=O) groups excluding carboxylic acids is 1. The molecule has 2 fully saturated rings. The van der Waals surface area contributed by atoms with Crippen LogP contribution in [0.1, 0.15) is 13.3 Å². The van der Waals surface area contributed by atoms with Gasteiger partial charge in [0, 0.05) is 26.1 Å². The van der Waals surface area contributed by atoms with Crippen molar-refractivity contribution in [2.24, 2.45) is 0 Å². The van der Waals surface area contributed by atoms with E-state index in [-0.39, 0.29) is 31.1 Å². The molecule has 2 saturated heterocycles. The SMILES string of the molecule is CC1(OCC(=O)N2C[C@@H](O)C[C@H]2C(=O)O)CNC1. The molecule has 2 heterocycles. The summed E-state index contributed by atoms with van der Waals surface area (Å²) in [6, 6.07) is -0.941. The van der Waals surface area contributed by atoms with Crippen molar-refractivity contribution in [1.29, 1.82) is 0 Å². The summed E-state index contributed by atoms with van der Waals surface area (Å²) in [5.74, 6) is -1.47. The minimum absolute atomic E-state index is 0.0636. The molecule has 3 N–H and O–H groups in total. The Labute approximate surface area is 105 Å². The monoisotopic (exact) mass is 258 g/mol. The highest BCUT2D eigenvalue weighted by Gasteiger charge is 2.40. The third-order valence-electron chi connectivity index (χ3n) is 3.43. The Hall–Kier alpha value is -1.18. The second-order valence-corrected chi connectivity index (χ2v) is 5.13. The molecule has 7 nitrogen and oxygen atoms in total. The second-order valence-electron chi connectivity index (χ2n) is 5.13. The molecule has 0 aromatic heterocycles. The summed E-state index contributed by atoms with van der Waals surface area (Å²) >= 11 is 0. The first-order chi connectivity index (χ1) is 8.41. The quantitative estimate of drug-likeness (QED) is 0.562. The highest BCUT2D eigenvalue weighted by molar-refractivity contribution is 5.85. The van der Waals surface area contributed by atoms with Gasteiger partial charge in [-0.05, 0) is 6.92 Å². The molecule has 0 aliphatic carbocycles. The molecule has 0 unspecified atom stereocenters. The van der Waals surface area contributed by atoms with Gasteiger partial charge in [0.05, 0.1) is 11.7 Å². The van der Waals surface area contributed by atoms with Crippen LogP contribution in [0.15, 0.2) is 0 Å². The van der Waals surface area contributed by atoms with E-state index in [2.05, 4.69) is 5.32 Å². The lowest BCUT2D eigenvalue weighted by Crippen LogP contribution is -2.60. The first-order valence-corrected chi connectivity index (χ1v) is 5.96. The third kappa shape index (κ3) is 2.63. The molecule has 0 spiro atoms. The van der Waals surface area contributed by atoms with Crippen molar-refractivity contribution in [2.45, 2.75) is 31.1 Å². The van der Waals surface area contributed by atoms with Gasteiger partial charge in [-0.3, -0.25) is 4.79 Å². The molecule has 0 bridgehead atoms. The largest absolute Gasteiger partial charge is 0.480 e. The zero-order valence-corrected chi connectivity index (χ0v) is 10.3. The maximum absolute atomic E-state index is 11.9. The van der Waals surface area contributed by atoms with E-state index in [0.29, 0.717) is 13.1 Å². The van der Waals surface area contributed by atoms with Gasteiger partial charge in [0.2, 0.25) is 5.91 Å². The smallest absolute Gasteiger partial charge is 0.326 e. The molecule has 0 aromatic rings. The first kappa shape index (κ1) is 13.3. The van der Waals surface area contributed by atoms with Gasteiger partial charge < -0.3 is 25.2 Å². The van der Waals surface area contributed by atoms with Crippen LogP contribution in [0.3, 0.4) is 0 Å². The highest BCUT2D eigenvalue weighted by atomic mass is 16.5. The van der Waals surface area contributed by atoms with Gasteiger partial charge in [-0.2, -0.15) is 0 Å². The number of rotatable bonds is 4. The number of aliphatic carboxylic acids is 1. The molecule has 0 radical (unpaired) electrons.